The summed E-state index contributed by atoms with van der Waals surface area (Å²) in [5.41, 5.74) is 9.19. The first-order valence-electron chi connectivity index (χ1n) is 10.2. The lowest BCUT2D eigenvalue weighted by atomic mass is 10.1. The van der Waals surface area contributed by atoms with Crippen molar-refractivity contribution in [3.05, 3.63) is 77.8 Å². The Hall–Kier alpha value is -3.85. The summed E-state index contributed by atoms with van der Waals surface area (Å²) in [6.45, 7) is 2.35. The normalized spacial score (nSPS) is 12.0. The molecule has 0 aliphatic rings. The molecule has 3 aromatic heterocycles. The number of amides is 1. The van der Waals surface area contributed by atoms with Crippen LogP contribution in [0.25, 0.3) is 11.0 Å². The number of benzene rings is 1. The van der Waals surface area contributed by atoms with Gasteiger partial charge in [0.15, 0.2) is 11.6 Å². The van der Waals surface area contributed by atoms with Gasteiger partial charge in [0.25, 0.3) is 0 Å². The molecule has 4 N–H and O–H groups in total. The van der Waals surface area contributed by atoms with Crippen LogP contribution in [0.3, 0.4) is 0 Å². The summed E-state index contributed by atoms with van der Waals surface area (Å²) < 4.78 is 20.4. The molecule has 1 atom stereocenters. The fourth-order valence-corrected chi connectivity index (χ4v) is 3.38. The van der Waals surface area contributed by atoms with Gasteiger partial charge in [-0.15, -0.1) is 0 Å². The number of carbonyl (C=O) groups excluding carboxylic acids is 1. The van der Waals surface area contributed by atoms with E-state index in [1.165, 1.54) is 18.5 Å². The van der Waals surface area contributed by atoms with Crippen molar-refractivity contribution < 1.29 is 13.9 Å². The highest BCUT2D eigenvalue weighted by molar-refractivity contribution is 5.84. The van der Waals surface area contributed by atoms with E-state index in [0.717, 1.165) is 11.1 Å². The number of hydrogen-bond acceptors (Lipinski definition) is 6. The van der Waals surface area contributed by atoms with Crippen LogP contribution in [-0.4, -0.2) is 38.4 Å². The van der Waals surface area contributed by atoms with Crippen molar-refractivity contribution >= 4 is 16.9 Å². The van der Waals surface area contributed by atoms with E-state index in [1.807, 2.05) is 19.1 Å². The maximum atomic E-state index is 14.7. The van der Waals surface area contributed by atoms with Gasteiger partial charge in [0, 0.05) is 25.1 Å². The maximum Gasteiger partial charge on any atom is 0.237 e. The van der Waals surface area contributed by atoms with Gasteiger partial charge in [0.05, 0.1) is 11.4 Å². The van der Waals surface area contributed by atoms with Crippen molar-refractivity contribution in [2.75, 3.05) is 6.54 Å². The number of hydrogen-bond donors (Lipinski definition) is 3. The lowest BCUT2D eigenvalue weighted by Gasteiger charge is -2.13. The predicted molar refractivity (Wildman–Crippen MR) is 118 cm³/mol. The second-order valence-electron chi connectivity index (χ2n) is 7.45. The second-order valence-corrected chi connectivity index (χ2v) is 7.45. The van der Waals surface area contributed by atoms with Crippen LogP contribution < -0.4 is 15.8 Å². The fraction of sp³-hybridized carbons (Fsp3) is 0.217. The molecule has 0 bridgehead atoms. The number of carbonyl (C=O) groups is 1. The molecule has 0 aliphatic carbocycles. The Morgan fingerprint density at radius 2 is 2.03 bits per heavy atom. The van der Waals surface area contributed by atoms with Gasteiger partial charge in [-0.05, 0) is 60.7 Å². The molecule has 32 heavy (non-hydrogen) atoms. The first-order chi connectivity index (χ1) is 15.5. The van der Waals surface area contributed by atoms with Gasteiger partial charge in [-0.1, -0.05) is 6.07 Å². The molecule has 0 saturated carbocycles. The number of pyridine rings is 1. The summed E-state index contributed by atoms with van der Waals surface area (Å²) in [5.74, 6) is -0.547. The Morgan fingerprint density at radius 1 is 1.22 bits per heavy atom. The van der Waals surface area contributed by atoms with Crippen molar-refractivity contribution in [3.8, 4) is 11.6 Å². The Bertz CT molecular complexity index is 1230. The number of nitrogens with zero attached hydrogens (tertiary/aromatic N) is 3. The molecule has 1 amide bonds. The molecule has 8 nitrogen and oxygen atoms in total. The smallest absolute Gasteiger partial charge is 0.237 e. The molecular formula is C23H23FN6O2. The Balaban J connectivity index is 1.36. The molecular weight excluding hydrogens is 411 g/mol. The molecule has 3 heterocycles. The van der Waals surface area contributed by atoms with E-state index in [-0.39, 0.29) is 24.0 Å². The third-order valence-electron chi connectivity index (χ3n) is 5.09. The molecule has 9 heteroatoms. The predicted octanol–water partition coefficient (Wildman–Crippen LogP) is 2.82. The number of H-pyrrole nitrogens is 1. The van der Waals surface area contributed by atoms with E-state index >= 15 is 0 Å². The van der Waals surface area contributed by atoms with Crippen molar-refractivity contribution in [1.82, 2.24) is 25.3 Å². The third kappa shape index (κ3) is 4.89. The van der Waals surface area contributed by atoms with E-state index in [4.69, 9.17) is 10.5 Å². The average Bonchev–Trinajstić information content (AvgIpc) is 3.18. The molecule has 4 aromatic rings. The topological polar surface area (TPSA) is 119 Å². The zero-order valence-corrected chi connectivity index (χ0v) is 17.5. The number of halogens is 1. The Morgan fingerprint density at radius 3 is 2.81 bits per heavy atom. The lowest BCUT2D eigenvalue weighted by Crippen LogP contribution is -2.42. The van der Waals surface area contributed by atoms with Crippen LogP contribution in [0.2, 0.25) is 0 Å². The minimum atomic E-state index is -0.789. The SMILES string of the molecule is Cc1c[nH]c2ncnc(Oc3ccc(CC(N)C(=O)NCCc4ccncc4)cc3F)c12. The molecule has 0 saturated heterocycles. The number of aryl methyl sites for hydroxylation is 1. The van der Waals surface area contributed by atoms with Gasteiger partial charge in [0.2, 0.25) is 11.8 Å². The molecule has 0 spiro atoms. The standard InChI is InChI=1S/C23H23FN6O2/c1-14-12-28-21-20(14)23(30-13-29-21)32-19-3-2-16(10-17(19)24)11-18(25)22(31)27-9-6-15-4-7-26-8-5-15/h2-5,7-8,10,12-13,18H,6,9,11,25H2,1H3,(H,27,31)(H,28,29,30). The highest BCUT2D eigenvalue weighted by atomic mass is 19.1. The largest absolute Gasteiger partial charge is 0.435 e. The second kappa shape index (κ2) is 9.52. The maximum absolute atomic E-state index is 14.7. The van der Waals surface area contributed by atoms with Gasteiger partial charge in [0.1, 0.15) is 12.0 Å². The van der Waals surface area contributed by atoms with Gasteiger partial charge >= 0.3 is 0 Å². The first kappa shape index (κ1) is 21.4. The van der Waals surface area contributed by atoms with Crippen LogP contribution in [0.4, 0.5) is 4.39 Å². The molecule has 0 aliphatic heterocycles. The van der Waals surface area contributed by atoms with Gasteiger partial charge < -0.3 is 20.8 Å². The number of fused-ring (bicyclic) bond motifs is 1. The van der Waals surface area contributed by atoms with Crippen LogP contribution in [0.1, 0.15) is 16.7 Å². The zero-order valence-electron chi connectivity index (χ0n) is 17.5. The molecule has 0 radical (unpaired) electrons. The minimum absolute atomic E-state index is 0.0322. The minimum Gasteiger partial charge on any atom is -0.435 e. The van der Waals surface area contributed by atoms with Gasteiger partial charge in [-0.2, -0.15) is 0 Å². The van der Waals surface area contributed by atoms with Gasteiger partial charge in [-0.3, -0.25) is 9.78 Å². The van der Waals surface area contributed by atoms with E-state index in [2.05, 4.69) is 25.3 Å². The van der Waals surface area contributed by atoms with E-state index in [0.29, 0.717) is 29.6 Å². The third-order valence-corrected chi connectivity index (χ3v) is 5.09. The number of aromatic nitrogens is 4. The van der Waals surface area contributed by atoms with Crippen LogP contribution in [0.5, 0.6) is 11.6 Å². The number of nitrogens with two attached hydrogens (primary N) is 1. The Labute approximate surface area is 184 Å². The number of rotatable bonds is 8. The van der Waals surface area contributed by atoms with Crippen molar-refractivity contribution in [3.63, 3.8) is 0 Å². The molecule has 4 rings (SSSR count). The molecule has 1 aromatic carbocycles. The molecule has 1 unspecified atom stereocenters. The highest BCUT2D eigenvalue weighted by Gasteiger charge is 2.17. The monoisotopic (exact) mass is 434 g/mol. The summed E-state index contributed by atoms with van der Waals surface area (Å²) >= 11 is 0. The average molecular weight is 434 g/mol. The quantitative estimate of drug-likeness (QED) is 0.392. The van der Waals surface area contributed by atoms with Crippen molar-refractivity contribution in [1.29, 1.82) is 0 Å². The fourth-order valence-electron chi connectivity index (χ4n) is 3.38. The van der Waals surface area contributed by atoms with Crippen LogP contribution in [-0.2, 0) is 17.6 Å². The number of nitrogens with one attached hydrogen (secondary N) is 2. The van der Waals surface area contributed by atoms with Crippen LogP contribution >= 0.6 is 0 Å². The van der Waals surface area contributed by atoms with Crippen molar-refractivity contribution in [2.45, 2.75) is 25.8 Å². The lowest BCUT2D eigenvalue weighted by molar-refractivity contribution is -0.122. The molecule has 0 fully saturated rings. The van der Waals surface area contributed by atoms with Crippen molar-refractivity contribution in [2.24, 2.45) is 5.73 Å². The zero-order chi connectivity index (χ0) is 22.5. The molecule has 164 valence electrons. The summed E-state index contributed by atoms with van der Waals surface area (Å²) in [6.07, 6.45) is 7.43. The number of aromatic amines is 1. The summed E-state index contributed by atoms with van der Waals surface area (Å²) in [4.78, 5) is 27.5. The van der Waals surface area contributed by atoms with Gasteiger partial charge in [-0.25, -0.2) is 14.4 Å². The Kier molecular flexibility index (Phi) is 6.37. The van der Waals surface area contributed by atoms with E-state index < -0.39 is 11.9 Å². The van der Waals surface area contributed by atoms with E-state index in [9.17, 15) is 9.18 Å². The number of ether oxygens (including phenoxy) is 1. The first-order valence-corrected chi connectivity index (χ1v) is 10.2. The highest BCUT2D eigenvalue weighted by Crippen LogP contribution is 2.30. The van der Waals surface area contributed by atoms with Crippen LogP contribution in [0, 0.1) is 12.7 Å². The summed E-state index contributed by atoms with van der Waals surface area (Å²) in [6, 6.07) is 7.51. The summed E-state index contributed by atoms with van der Waals surface area (Å²) in [7, 11) is 0. The van der Waals surface area contributed by atoms with E-state index in [1.54, 1.807) is 24.7 Å². The summed E-state index contributed by atoms with van der Waals surface area (Å²) in [5, 5.41) is 3.51. The van der Waals surface area contributed by atoms with Crippen LogP contribution in [0.15, 0.2) is 55.2 Å².